The maximum Gasteiger partial charge on any atom is 0.322 e. The van der Waals surface area contributed by atoms with Gasteiger partial charge < -0.3 is 29.0 Å². The molecule has 1 aliphatic rings. The van der Waals surface area contributed by atoms with E-state index in [9.17, 15) is 4.79 Å². The number of rotatable bonds is 6. The van der Waals surface area contributed by atoms with E-state index in [1.54, 1.807) is 32.4 Å². The minimum atomic E-state index is -0.195. The Morgan fingerprint density at radius 1 is 1.03 bits per heavy atom. The van der Waals surface area contributed by atoms with Gasteiger partial charge in [-0.3, -0.25) is 0 Å². The molecule has 1 N–H and O–H groups in total. The molecular weight excluding hydrogens is 394 g/mol. The lowest BCUT2D eigenvalue weighted by Gasteiger charge is -2.37. The van der Waals surface area contributed by atoms with Crippen LogP contribution in [0.5, 0.6) is 17.2 Å². The maximum atomic E-state index is 13.3. The van der Waals surface area contributed by atoms with Crippen molar-refractivity contribution in [3.63, 3.8) is 0 Å². The highest BCUT2D eigenvalue weighted by atomic mass is 16.5. The number of nitrogens with one attached hydrogen (secondary N) is 1. The topological polar surface area (TPSA) is 65.0 Å². The first-order valence-electron chi connectivity index (χ1n) is 10.3. The number of benzene rings is 2. The summed E-state index contributed by atoms with van der Waals surface area (Å²) in [7, 11) is 3.16. The van der Waals surface area contributed by atoms with Crippen LogP contribution in [0.3, 0.4) is 0 Å². The van der Waals surface area contributed by atoms with Crippen molar-refractivity contribution < 1.29 is 19.0 Å². The van der Waals surface area contributed by atoms with Gasteiger partial charge in [0.15, 0.2) is 11.5 Å². The van der Waals surface area contributed by atoms with Crippen LogP contribution < -0.4 is 19.5 Å². The Morgan fingerprint density at radius 2 is 1.81 bits per heavy atom. The Bertz CT molecular complexity index is 1050. The Labute approximate surface area is 182 Å². The molecule has 4 rings (SSSR count). The summed E-state index contributed by atoms with van der Waals surface area (Å²) < 4.78 is 18.4. The number of ether oxygens (including phenoxy) is 3. The zero-order valence-electron chi connectivity index (χ0n) is 18.0. The van der Waals surface area contributed by atoms with Gasteiger partial charge in [-0.15, -0.1) is 0 Å². The van der Waals surface area contributed by atoms with Crippen molar-refractivity contribution in [3.05, 3.63) is 72.1 Å². The smallest absolute Gasteiger partial charge is 0.322 e. The highest BCUT2D eigenvalue weighted by Crippen LogP contribution is 2.35. The molecule has 0 aliphatic carbocycles. The molecule has 1 atom stereocenters. The molecule has 7 nitrogen and oxygen atoms in total. The average Bonchev–Trinajstić information content (AvgIpc) is 3.28. The number of carbonyl (C=O) groups is 1. The van der Waals surface area contributed by atoms with Gasteiger partial charge in [-0.25, -0.2) is 4.79 Å². The molecule has 7 heteroatoms. The molecule has 0 bridgehead atoms. The molecule has 1 aliphatic heterocycles. The van der Waals surface area contributed by atoms with Gasteiger partial charge in [-0.2, -0.15) is 0 Å². The number of amides is 2. The Hall–Kier alpha value is -3.61. The second-order valence-electron chi connectivity index (χ2n) is 7.22. The molecule has 31 heavy (non-hydrogen) atoms. The van der Waals surface area contributed by atoms with E-state index in [0.29, 0.717) is 30.3 Å². The third-order valence-corrected chi connectivity index (χ3v) is 5.44. The molecule has 162 valence electrons. The van der Waals surface area contributed by atoms with Crippen molar-refractivity contribution in [1.82, 2.24) is 9.47 Å². The predicted octanol–water partition coefficient (Wildman–Crippen LogP) is 4.54. The van der Waals surface area contributed by atoms with Crippen molar-refractivity contribution in [1.29, 1.82) is 0 Å². The number of hydrogen-bond donors (Lipinski definition) is 1. The zero-order chi connectivity index (χ0) is 21.8. The van der Waals surface area contributed by atoms with Gasteiger partial charge in [-0.1, -0.05) is 12.1 Å². The van der Waals surface area contributed by atoms with Crippen LogP contribution in [0, 0.1) is 0 Å². The average molecular weight is 421 g/mol. The Balaban J connectivity index is 1.62. The number of fused-ring (bicyclic) bond motifs is 1. The fourth-order valence-corrected chi connectivity index (χ4v) is 3.98. The van der Waals surface area contributed by atoms with Crippen LogP contribution in [-0.4, -0.2) is 42.9 Å². The molecular formula is C24H27N3O4. The van der Waals surface area contributed by atoms with Crippen LogP contribution in [0.25, 0.3) is 0 Å². The molecule has 0 saturated carbocycles. The standard InChI is InChI=1S/C24H27N3O4/c1-4-31-19-10-7-17(8-11-19)23-20-6-5-13-26(20)14-15-27(23)24(28)25-18-9-12-21(29-2)22(16-18)30-3/h5-13,16,23H,4,14-15H2,1-3H3,(H,25,28)/t23-/m0/s1. The molecule has 2 heterocycles. The van der Waals surface area contributed by atoms with Gasteiger partial charge in [0, 0.05) is 36.7 Å². The Morgan fingerprint density at radius 3 is 2.52 bits per heavy atom. The number of carbonyl (C=O) groups excluding carboxylic acids is 1. The summed E-state index contributed by atoms with van der Waals surface area (Å²) in [4.78, 5) is 15.2. The molecule has 0 spiro atoms. The van der Waals surface area contributed by atoms with E-state index in [1.807, 2.05) is 42.2 Å². The number of hydrogen-bond acceptors (Lipinski definition) is 4. The first-order chi connectivity index (χ1) is 15.1. The van der Waals surface area contributed by atoms with Crippen molar-refractivity contribution >= 4 is 11.7 Å². The molecule has 0 unspecified atom stereocenters. The van der Waals surface area contributed by atoms with Crippen LogP contribution in [0.1, 0.15) is 24.2 Å². The van der Waals surface area contributed by atoms with Gasteiger partial charge in [-0.05, 0) is 48.9 Å². The predicted molar refractivity (Wildman–Crippen MR) is 119 cm³/mol. The SMILES string of the molecule is CCOc1ccc([C@H]2c3cccn3CCN2C(=O)Nc2ccc(OC)c(OC)c2)cc1. The van der Waals surface area contributed by atoms with Crippen LogP contribution in [0.2, 0.25) is 0 Å². The number of urea groups is 1. The van der Waals surface area contributed by atoms with Crippen LogP contribution in [0.4, 0.5) is 10.5 Å². The lowest BCUT2D eigenvalue weighted by molar-refractivity contribution is 0.182. The van der Waals surface area contributed by atoms with Gasteiger partial charge in [0.05, 0.1) is 26.9 Å². The fourth-order valence-electron chi connectivity index (χ4n) is 3.98. The zero-order valence-corrected chi connectivity index (χ0v) is 18.0. The molecule has 0 fully saturated rings. The summed E-state index contributed by atoms with van der Waals surface area (Å²) >= 11 is 0. The summed E-state index contributed by atoms with van der Waals surface area (Å²) in [6.45, 7) is 3.92. The molecule has 2 aromatic carbocycles. The number of anilines is 1. The second-order valence-corrected chi connectivity index (χ2v) is 7.22. The summed E-state index contributed by atoms with van der Waals surface area (Å²) in [5.41, 5.74) is 2.76. The third kappa shape index (κ3) is 4.17. The van der Waals surface area contributed by atoms with E-state index in [2.05, 4.69) is 22.1 Å². The van der Waals surface area contributed by atoms with Crippen molar-refractivity contribution in [2.24, 2.45) is 0 Å². The largest absolute Gasteiger partial charge is 0.494 e. The number of nitrogens with zero attached hydrogens (tertiary/aromatic N) is 2. The second kappa shape index (κ2) is 9.04. The van der Waals surface area contributed by atoms with E-state index in [1.165, 1.54) is 0 Å². The summed E-state index contributed by atoms with van der Waals surface area (Å²) in [6.07, 6.45) is 2.06. The van der Waals surface area contributed by atoms with Crippen molar-refractivity contribution in [3.8, 4) is 17.2 Å². The minimum absolute atomic E-state index is 0.168. The van der Waals surface area contributed by atoms with E-state index in [4.69, 9.17) is 14.2 Å². The normalized spacial score (nSPS) is 15.2. The summed E-state index contributed by atoms with van der Waals surface area (Å²) in [6, 6.07) is 17.0. The third-order valence-electron chi connectivity index (χ3n) is 5.44. The van der Waals surface area contributed by atoms with Crippen molar-refractivity contribution in [2.45, 2.75) is 19.5 Å². The molecule has 1 aromatic heterocycles. The number of methoxy groups -OCH3 is 2. The first kappa shape index (κ1) is 20.7. The van der Waals surface area contributed by atoms with E-state index < -0.39 is 0 Å². The summed E-state index contributed by atoms with van der Waals surface area (Å²) in [5.74, 6) is 2.00. The quantitative estimate of drug-likeness (QED) is 0.635. The first-order valence-corrected chi connectivity index (χ1v) is 10.3. The molecule has 3 aromatic rings. The molecule has 2 amide bonds. The minimum Gasteiger partial charge on any atom is -0.494 e. The van der Waals surface area contributed by atoms with Gasteiger partial charge in [0.2, 0.25) is 0 Å². The van der Waals surface area contributed by atoms with E-state index in [0.717, 1.165) is 23.6 Å². The van der Waals surface area contributed by atoms with E-state index >= 15 is 0 Å². The van der Waals surface area contributed by atoms with E-state index in [-0.39, 0.29) is 12.1 Å². The molecule has 0 radical (unpaired) electrons. The lowest BCUT2D eigenvalue weighted by Crippen LogP contribution is -2.44. The van der Waals surface area contributed by atoms with Crippen LogP contribution in [-0.2, 0) is 6.54 Å². The monoisotopic (exact) mass is 421 g/mol. The fraction of sp³-hybridized carbons (Fsp3) is 0.292. The summed E-state index contributed by atoms with van der Waals surface area (Å²) in [5, 5.41) is 3.01. The lowest BCUT2D eigenvalue weighted by atomic mass is 10.00. The van der Waals surface area contributed by atoms with Crippen LogP contribution in [0.15, 0.2) is 60.8 Å². The van der Waals surface area contributed by atoms with Gasteiger partial charge in [0.1, 0.15) is 5.75 Å². The maximum absolute atomic E-state index is 13.3. The highest BCUT2D eigenvalue weighted by Gasteiger charge is 2.32. The molecule has 0 saturated heterocycles. The van der Waals surface area contributed by atoms with Gasteiger partial charge >= 0.3 is 6.03 Å². The highest BCUT2D eigenvalue weighted by molar-refractivity contribution is 5.90. The van der Waals surface area contributed by atoms with Gasteiger partial charge in [0.25, 0.3) is 0 Å². The van der Waals surface area contributed by atoms with Crippen molar-refractivity contribution in [2.75, 3.05) is 32.7 Å². The van der Waals surface area contributed by atoms with Crippen LogP contribution >= 0.6 is 0 Å². The number of aromatic nitrogens is 1. The Kier molecular flexibility index (Phi) is 6.02.